The minimum atomic E-state index is 0.464. The van der Waals surface area contributed by atoms with Crippen LogP contribution >= 0.6 is 0 Å². The van der Waals surface area contributed by atoms with Crippen molar-refractivity contribution < 1.29 is 9.47 Å². The van der Waals surface area contributed by atoms with Crippen molar-refractivity contribution in [2.24, 2.45) is 5.10 Å². The molecule has 1 N–H and O–H groups in total. The highest BCUT2D eigenvalue weighted by Gasteiger charge is 2.21. The van der Waals surface area contributed by atoms with E-state index in [0.717, 1.165) is 49.4 Å². The van der Waals surface area contributed by atoms with Crippen LogP contribution in [0.15, 0.2) is 23.3 Å². The summed E-state index contributed by atoms with van der Waals surface area (Å²) >= 11 is 0. The largest absolute Gasteiger partial charge is 0.490 e. The maximum Gasteiger partial charge on any atom is 0.250 e. The molecule has 9 nitrogen and oxygen atoms in total. The van der Waals surface area contributed by atoms with E-state index in [4.69, 9.17) is 14.5 Å². The maximum atomic E-state index is 5.69. The topological polar surface area (TPSA) is 88.0 Å². The first-order chi connectivity index (χ1) is 15.3. The van der Waals surface area contributed by atoms with Crippen LogP contribution in [0, 0.1) is 0 Å². The summed E-state index contributed by atoms with van der Waals surface area (Å²) in [5, 5.41) is 4.36. The van der Waals surface area contributed by atoms with Gasteiger partial charge in [0.05, 0.1) is 19.4 Å². The van der Waals surface area contributed by atoms with Gasteiger partial charge in [-0.05, 0) is 63.3 Å². The lowest BCUT2D eigenvalue weighted by molar-refractivity contribution is 0.288. The molecule has 2 aliphatic heterocycles. The Morgan fingerprint density at radius 1 is 0.871 bits per heavy atom. The minimum absolute atomic E-state index is 0.464. The Bertz CT molecular complexity index is 859. The lowest BCUT2D eigenvalue weighted by Crippen LogP contribution is -2.25. The predicted molar refractivity (Wildman–Crippen MR) is 123 cm³/mol. The maximum absolute atomic E-state index is 5.69. The fraction of sp³-hybridized carbons (Fsp3) is 0.545. The highest BCUT2D eigenvalue weighted by molar-refractivity contribution is 5.81. The monoisotopic (exact) mass is 425 g/mol. The second-order valence-electron chi connectivity index (χ2n) is 7.59. The molecule has 166 valence electrons. The molecule has 2 fully saturated rings. The Kier molecular flexibility index (Phi) is 7.01. The quantitative estimate of drug-likeness (QED) is 0.484. The van der Waals surface area contributed by atoms with Crippen LogP contribution in [0.25, 0.3) is 0 Å². The molecule has 1 aromatic heterocycles. The lowest BCUT2D eigenvalue weighted by atomic mass is 10.2. The van der Waals surface area contributed by atoms with Crippen molar-refractivity contribution in [3.05, 3.63) is 23.8 Å². The van der Waals surface area contributed by atoms with Crippen LogP contribution in [0.1, 0.15) is 45.1 Å². The molecule has 0 bridgehead atoms. The third-order valence-electron chi connectivity index (χ3n) is 5.34. The van der Waals surface area contributed by atoms with Gasteiger partial charge in [-0.1, -0.05) is 0 Å². The summed E-state index contributed by atoms with van der Waals surface area (Å²) in [6.07, 6.45) is 6.42. The van der Waals surface area contributed by atoms with Gasteiger partial charge in [-0.15, -0.1) is 0 Å². The van der Waals surface area contributed by atoms with E-state index < -0.39 is 0 Å². The number of ether oxygens (including phenoxy) is 2. The van der Waals surface area contributed by atoms with Crippen LogP contribution in [-0.2, 0) is 0 Å². The van der Waals surface area contributed by atoms with Gasteiger partial charge in [0.15, 0.2) is 11.5 Å². The second kappa shape index (κ2) is 10.3. The van der Waals surface area contributed by atoms with Gasteiger partial charge >= 0.3 is 0 Å². The third kappa shape index (κ3) is 5.34. The van der Waals surface area contributed by atoms with Crippen molar-refractivity contribution in [3.8, 4) is 11.5 Å². The van der Waals surface area contributed by atoms with Crippen molar-refractivity contribution in [1.82, 2.24) is 15.0 Å². The molecule has 1 aromatic carbocycles. The van der Waals surface area contributed by atoms with Crippen LogP contribution < -0.4 is 24.7 Å². The van der Waals surface area contributed by atoms with Gasteiger partial charge in [0, 0.05) is 26.2 Å². The first kappa shape index (κ1) is 21.1. The molecule has 9 heteroatoms. The molecule has 3 heterocycles. The number of benzene rings is 1. The van der Waals surface area contributed by atoms with Crippen molar-refractivity contribution in [2.45, 2.75) is 39.5 Å². The first-order valence-corrected chi connectivity index (χ1v) is 11.2. The highest BCUT2D eigenvalue weighted by atomic mass is 16.5. The van der Waals surface area contributed by atoms with Gasteiger partial charge in [-0.3, -0.25) is 0 Å². The molecule has 0 unspecified atom stereocenters. The van der Waals surface area contributed by atoms with E-state index >= 15 is 0 Å². The summed E-state index contributed by atoms with van der Waals surface area (Å²) in [6, 6.07) is 5.76. The van der Waals surface area contributed by atoms with Gasteiger partial charge in [0.25, 0.3) is 0 Å². The normalized spacial score (nSPS) is 16.3. The number of rotatable bonds is 9. The number of aromatic nitrogens is 3. The summed E-state index contributed by atoms with van der Waals surface area (Å²) in [7, 11) is 0. The molecule has 0 aliphatic carbocycles. The molecular formula is C22H31N7O2. The molecule has 2 aliphatic rings. The average molecular weight is 426 g/mol. The van der Waals surface area contributed by atoms with Crippen LogP contribution in [0.5, 0.6) is 11.5 Å². The van der Waals surface area contributed by atoms with Gasteiger partial charge in [-0.2, -0.15) is 20.1 Å². The van der Waals surface area contributed by atoms with Crippen LogP contribution in [-0.4, -0.2) is 60.6 Å². The molecule has 0 saturated carbocycles. The molecule has 0 amide bonds. The Labute approximate surface area is 183 Å². The zero-order valence-electron chi connectivity index (χ0n) is 18.4. The second-order valence-corrected chi connectivity index (χ2v) is 7.59. The molecule has 0 atom stereocenters. The molecule has 2 saturated heterocycles. The number of nitrogens with zero attached hydrogens (tertiary/aromatic N) is 6. The first-order valence-electron chi connectivity index (χ1n) is 11.2. The molecule has 0 spiro atoms. The zero-order chi connectivity index (χ0) is 21.5. The molecule has 0 radical (unpaired) electrons. The van der Waals surface area contributed by atoms with Crippen molar-refractivity contribution in [2.75, 3.05) is 54.6 Å². The summed E-state index contributed by atoms with van der Waals surface area (Å²) in [4.78, 5) is 18.4. The lowest BCUT2D eigenvalue weighted by Gasteiger charge is -2.20. The van der Waals surface area contributed by atoms with Crippen molar-refractivity contribution in [3.63, 3.8) is 0 Å². The zero-order valence-corrected chi connectivity index (χ0v) is 18.4. The molecular weight excluding hydrogens is 394 g/mol. The van der Waals surface area contributed by atoms with E-state index in [1.54, 1.807) is 6.21 Å². The standard InChI is InChI=1S/C22H31N7O2/c1-3-30-18-10-9-17(15-19(18)31-4-2)16-23-27-20-24-21(28-11-5-6-12-28)26-22(25-20)29-13-7-8-14-29/h9-10,15-16H,3-8,11-14H2,1-2H3,(H,24,25,26,27)/b23-16+. The van der Waals surface area contributed by atoms with Crippen LogP contribution in [0.4, 0.5) is 17.8 Å². The van der Waals surface area contributed by atoms with E-state index in [0.29, 0.717) is 24.9 Å². The number of hydrazone groups is 1. The average Bonchev–Trinajstić information content (AvgIpc) is 3.50. The Morgan fingerprint density at radius 3 is 2.03 bits per heavy atom. The van der Waals surface area contributed by atoms with E-state index in [-0.39, 0.29) is 0 Å². The molecule has 4 rings (SSSR count). The Hall–Kier alpha value is -3.10. The summed E-state index contributed by atoms with van der Waals surface area (Å²) in [5.74, 6) is 3.36. The molecule has 31 heavy (non-hydrogen) atoms. The van der Waals surface area contributed by atoms with Crippen molar-refractivity contribution in [1.29, 1.82) is 0 Å². The fourth-order valence-electron chi connectivity index (χ4n) is 3.83. The van der Waals surface area contributed by atoms with Gasteiger partial charge in [0.1, 0.15) is 0 Å². The summed E-state index contributed by atoms with van der Waals surface area (Å²) < 4.78 is 11.3. The summed E-state index contributed by atoms with van der Waals surface area (Å²) in [6.45, 7) is 9.01. The Balaban J connectivity index is 1.51. The molecule has 2 aromatic rings. The number of anilines is 3. The Morgan fingerprint density at radius 2 is 1.45 bits per heavy atom. The predicted octanol–water partition coefficient (Wildman–Crippen LogP) is 3.32. The van der Waals surface area contributed by atoms with E-state index in [9.17, 15) is 0 Å². The van der Waals surface area contributed by atoms with Crippen LogP contribution in [0.3, 0.4) is 0 Å². The minimum Gasteiger partial charge on any atom is -0.490 e. The van der Waals surface area contributed by atoms with Gasteiger partial charge in [-0.25, -0.2) is 5.43 Å². The van der Waals surface area contributed by atoms with Crippen LogP contribution in [0.2, 0.25) is 0 Å². The van der Waals surface area contributed by atoms with E-state index in [2.05, 4.69) is 30.3 Å². The highest BCUT2D eigenvalue weighted by Crippen LogP contribution is 2.28. The van der Waals surface area contributed by atoms with E-state index in [1.165, 1.54) is 25.7 Å². The van der Waals surface area contributed by atoms with E-state index in [1.807, 2.05) is 32.0 Å². The van der Waals surface area contributed by atoms with Crippen molar-refractivity contribution >= 4 is 24.1 Å². The fourth-order valence-corrected chi connectivity index (χ4v) is 3.83. The summed E-state index contributed by atoms with van der Waals surface area (Å²) in [5.41, 5.74) is 3.89. The van der Waals surface area contributed by atoms with Gasteiger partial charge < -0.3 is 19.3 Å². The number of nitrogens with one attached hydrogen (secondary N) is 1. The number of hydrogen-bond acceptors (Lipinski definition) is 9. The van der Waals surface area contributed by atoms with Gasteiger partial charge in [0.2, 0.25) is 17.8 Å². The SMILES string of the molecule is CCOc1ccc(/C=N/Nc2nc(N3CCCC3)nc(N3CCCC3)n2)cc1OCC. The number of hydrogen-bond donors (Lipinski definition) is 1. The smallest absolute Gasteiger partial charge is 0.250 e. The third-order valence-corrected chi connectivity index (χ3v) is 5.34.